The van der Waals surface area contributed by atoms with Crippen molar-refractivity contribution >= 4 is 37.2 Å². The molecule has 0 amide bonds. The van der Waals surface area contributed by atoms with Gasteiger partial charge >= 0.3 is 0 Å². The largest absolute Gasteiger partial charge is 0.292 e. The Morgan fingerprint density at radius 2 is 2.09 bits per heavy atom. The third kappa shape index (κ3) is 3.08. The Hall–Kier alpha value is -2.32. The van der Waals surface area contributed by atoms with Crippen molar-refractivity contribution in [1.29, 1.82) is 0 Å². The van der Waals surface area contributed by atoms with Crippen LogP contribution in [0.3, 0.4) is 0 Å². The number of ketones is 1. The number of carbonyl (C=O) groups excluding carboxylic acids is 1. The average molecular weight is 348 g/mol. The third-order valence-electron chi connectivity index (χ3n) is 3.35. The molecule has 0 radical (unpaired) electrons. The van der Waals surface area contributed by atoms with E-state index in [1.54, 1.807) is 11.4 Å². The van der Waals surface area contributed by atoms with Gasteiger partial charge in [-0.3, -0.25) is 14.2 Å². The summed E-state index contributed by atoms with van der Waals surface area (Å²) in [6, 6.07) is 7.45. The van der Waals surface area contributed by atoms with Gasteiger partial charge < -0.3 is 0 Å². The van der Waals surface area contributed by atoms with E-state index < -0.39 is 9.84 Å². The maximum atomic E-state index is 12.3. The molecule has 0 bridgehead atoms. The molecule has 118 valence electrons. The number of Topliss-reactive ketones (excluding diaryl/α,β-unsaturated/α-hetero) is 1. The lowest BCUT2D eigenvalue weighted by Crippen LogP contribution is -2.24. The van der Waals surface area contributed by atoms with E-state index in [1.165, 1.54) is 46.5 Å². The highest BCUT2D eigenvalue weighted by Gasteiger charge is 2.14. The topological polar surface area (TPSA) is 86.1 Å². The number of nitrogens with zero attached hydrogens (tertiary/aromatic N) is 2. The number of sulfone groups is 1. The zero-order valence-corrected chi connectivity index (χ0v) is 13.7. The van der Waals surface area contributed by atoms with Gasteiger partial charge in [-0.25, -0.2) is 13.4 Å². The Labute approximate surface area is 136 Å². The maximum Gasteiger partial charge on any atom is 0.262 e. The molecule has 0 atom stereocenters. The minimum Gasteiger partial charge on any atom is -0.292 e. The van der Waals surface area contributed by atoms with E-state index in [4.69, 9.17) is 0 Å². The number of fused-ring (bicyclic) bond motifs is 1. The predicted molar refractivity (Wildman–Crippen MR) is 87.8 cm³/mol. The molecule has 6 nitrogen and oxygen atoms in total. The van der Waals surface area contributed by atoms with Crippen molar-refractivity contribution in [2.24, 2.45) is 0 Å². The smallest absolute Gasteiger partial charge is 0.262 e. The van der Waals surface area contributed by atoms with Gasteiger partial charge in [0.25, 0.3) is 5.56 Å². The van der Waals surface area contributed by atoms with Crippen LogP contribution < -0.4 is 5.56 Å². The van der Waals surface area contributed by atoms with Gasteiger partial charge in [-0.05, 0) is 23.6 Å². The number of thiophene rings is 1. The average Bonchev–Trinajstić information content (AvgIpc) is 2.99. The minimum absolute atomic E-state index is 0.0714. The summed E-state index contributed by atoms with van der Waals surface area (Å²) in [5.74, 6) is -0.353. The number of hydrogen-bond donors (Lipinski definition) is 0. The second-order valence-corrected chi connectivity index (χ2v) is 7.95. The molecule has 0 N–H and O–H groups in total. The lowest BCUT2D eigenvalue weighted by molar-refractivity contribution is 0.0970. The van der Waals surface area contributed by atoms with Gasteiger partial charge in [0.2, 0.25) is 0 Å². The normalized spacial score (nSPS) is 11.7. The summed E-state index contributed by atoms with van der Waals surface area (Å²) in [5, 5.41) is 2.23. The van der Waals surface area contributed by atoms with Gasteiger partial charge in [-0.1, -0.05) is 12.1 Å². The summed E-state index contributed by atoms with van der Waals surface area (Å²) in [4.78, 5) is 29.4. The van der Waals surface area contributed by atoms with E-state index in [0.29, 0.717) is 10.2 Å². The number of aromatic nitrogens is 2. The van der Waals surface area contributed by atoms with Crippen LogP contribution in [0.25, 0.3) is 10.2 Å². The van der Waals surface area contributed by atoms with Gasteiger partial charge in [0, 0.05) is 11.8 Å². The molecule has 23 heavy (non-hydrogen) atoms. The van der Waals surface area contributed by atoms with Crippen LogP contribution in [0, 0.1) is 0 Å². The first kappa shape index (κ1) is 15.6. The van der Waals surface area contributed by atoms with Gasteiger partial charge in [-0.2, -0.15) is 0 Å². The van der Waals surface area contributed by atoms with Crippen molar-refractivity contribution in [2.75, 3.05) is 6.26 Å². The molecule has 3 rings (SSSR count). The highest BCUT2D eigenvalue weighted by Crippen LogP contribution is 2.14. The van der Waals surface area contributed by atoms with Crippen LogP contribution in [0.1, 0.15) is 10.4 Å². The fourth-order valence-corrected chi connectivity index (χ4v) is 3.54. The van der Waals surface area contributed by atoms with E-state index in [0.717, 1.165) is 6.26 Å². The van der Waals surface area contributed by atoms with Gasteiger partial charge in [-0.15, -0.1) is 11.3 Å². The summed E-state index contributed by atoms with van der Waals surface area (Å²) in [5.41, 5.74) is -0.0471. The van der Waals surface area contributed by atoms with Crippen LogP contribution >= 0.6 is 11.3 Å². The van der Waals surface area contributed by atoms with E-state index >= 15 is 0 Å². The molecular weight excluding hydrogens is 336 g/mol. The number of rotatable bonds is 4. The Morgan fingerprint density at radius 3 is 2.83 bits per heavy atom. The first-order chi connectivity index (χ1) is 10.9. The summed E-state index contributed by atoms with van der Waals surface area (Å²) in [6.07, 6.45) is 2.41. The molecule has 0 saturated heterocycles. The molecule has 2 aromatic heterocycles. The Balaban J connectivity index is 1.95. The third-order valence-corrected chi connectivity index (χ3v) is 5.28. The SMILES string of the molecule is CS(=O)(=O)c1cccc(C(=O)Cn2cnc3sccc3c2=O)c1. The van der Waals surface area contributed by atoms with E-state index in [2.05, 4.69) is 4.98 Å². The van der Waals surface area contributed by atoms with Crippen LogP contribution in [-0.4, -0.2) is 30.0 Å². The summed E-state index contributed by atoms with van der Waals surface area (Å²) >= 11 is 1.35. The van der Waals surface area contributed by atoms with E-state index in [-0.39, 0.29) is 28.3 Å². The lowest BCUT2D eigenvalue weighted by atomic mass is 10.1. The monoisotopic (exact) mass is 348 g/mol. The highest BCUT2D eigenvalue weighted by atomic mass is 32.2. The predicted octanol–water partition coefficient (Wildman–Crippen LogP) is 1.74. The molecule has 0 unspecified atom stereocenters. The lowest BCUT2D eigenvalue weighted by Gasteiger charge is -2.06. The van der Waals surface area contributed by atoms with E-state index in [1.807, 2.05) is 0 Å². The molecule has 0 aliphatic rings. The zero-order valence-electron chi connectivity index (χ0n) is 12.1. The number of benzene rings is 1. The Kier molecular flexibility index (Phi) is 3.87. The fraction of sp³-hybridized carbons (Fsp3) is 0.133. The molecular formula is C15H12N2O4S2. The van der Waals surface area contributed by atoms with Crippen molar-refractivity contribution < 1.29 is 13.2 Å². The summed E-state index contributed by atoms with van der Waals surface area (Å²) < 4.78 is 24.3. The fourth-order valence-electron chi connectivity index (χ4n) is 2.15. The highest BCUT2D eigenvalue weighted by molar-refractivity contribution is 7.90. The number of hydrogen-bond acceptors (Lipinski definition) is 6. The van der Waals surface area contributed by atoms with Crippen LogP contribution in [0.5, 0.6) is 0 Å². The maximum absolute atomic E-state index is 12.3. The van der Waals surface area contributed by atoms with Crippen molar-refractivity contribution in [2.45, 2.75) is 11.4 Å². The first-order valence-electron chi connectivity index (χ1n) is 6.62. The molecule has 0 fully saturated rings. The van der Waals surface area contributed by atoms with Crippen LogP contribution in [0.2, 0.25) is 0 Å². The standard InChI is InChI=1S/C15H12N2O4S2/c1-23(20,21)11-4-2-3-10(7-11)13(18)8-17-9-16-14-12(15(17)19)5-6-22-14/h2-7,9H,8H2,1H3. The summed E-state index contributed by atoms with van der Waals surface area (Å²) in [7, 11) is -3.39. The molecule has 0 aliphatic heterocycles. The van der Waals surface area contributed by atoms with Crippen LogP contribution in [0.4, 0.5) is 0 Å². The molecule has 0 saturated carbocycles. The quantitative estimate of drug-likeness (QED) is 0.671. The van der Waals surface area contributed by atoms with Gasteiger partial charge in [0.1, 0.15) is 4.83 Å². The van der Waals surface area contributed by atoms with Crippen molar-refractivity contribution in [3.8, 4) is 0 Å². The number of carbonyl (C=O) groups is 1. The molecule has 0 spiro atoms. The van der Waals surface area contributed by atoms with Gasteiger partial charge in [0.15, 0.2) is 15.6 Å². The van der Waals surface area contributed by atoms with Crippen molar-refractivity contribution in [3.63, 3.8) is 0 Å². The van der Waals surface area contributed by atoms with Crippen molar-refractivity contribution in [3.05, 3.63) is 58.0 Å². The first-order valence-corrected chi connectivity index (χ1v) is 9.39. The zero-order chi connectivity index (χ0) is 16.6. The molecule has 1 aromatic carbocycles. The Bertz CT molecular complexity index is 1060. The molecule has 2 heterocycles. The molecule has 8 heteroatoms. The molecule has 0 aliphatic carbocycles. The Morgan fingerprint density at radius 1 is 1.30 bits per heavy atom. The molecule has 3 aromatic rings. The summed E-state index contributed by atoms with van der Waals surface area (Å²) in [6.45, 7) is -0.190. The van der Waals surface area contributed by atoms with Crippen molar-refractivity contribution in [1.82, 2.24) is 9.55 Å². The van der Waals surface area contributed by atoms with Crippen LogP contribution in [0.15, 0.2) is 51.7 Å². The second kappa shape index (κ2) is 5.71. The van der Waals surface area contributed by atoms with E-state index in [9.17, 15) is 18.0 Å². The van der Waals surface area contributed by atoms with Crippen LogP contribution in [-0.2, 0) is 16.4 Å². The second-order valence-electron chi connectivity index (χ2n) is 5.04. The minimum atomic E-state index is -3.39. The van der Waals surface area contributed by atoms with Gasteiger partial charge in [0.05, 0.1) is 23.2 Å².